The van der Waals surface area contributed by atoms with Gasteiger partial charge in [0.2, 0.25) is 0 Å². The van der Waals surface area contributed by atoms with Crippen LogP contribution < -0.4 is 4.74 Å². The molecule has 3 rings (SSSR count). The van der Waals surface area contributed by atoms with E-state index in [1.54, 1.807) is 0 Å². The monoisotopic (exact) mass is 314 g/mol. The zero-order valence-electron chi connectivity index (χ0n) is 15.1. The van der Waals surface area contributed by atoms with Gasteiger partial charge in [0.25, 0.3) is 0 Å². The third-order valence-electron chi connectivity index (χ3n) is 6.32. The quantitative estimate of drug-likeness (QED) is 0.596. The van der Waals surface area contributed by atoms with E-state index >= 15 is 0 Å². The molecule has 2 fully saturated rings. The largest absolute Gasteiger partial charge is 0.494 e. The van der Waals surface area contributed by atoms with Crippen molar-refractivity contribution in [3.8, 4) is 5.75 Å². The maximum Gasteiger partial charge on any atom is 0.119 e. The number of rotatable bonds is 5. The molecule has 1 aromatic carbocycles. The van der Waals surface area contributed by atoms with Crippen LogP contribution in [-0.2, 0) is 0 Å². The molecule has 1 heteroatoms. The fourth-order valence-electron chi connectivity index (χ4n) is 4.74. The molecule has 2 aliphatic carbocycles. The van der Waals surface area contributed by atoms with Crippen molar-refractivity contribution in [2.24, 2.45) is 17.8 Å². The average Bonchev–Trinajstić information content (AvgIpc) is 2.61. The molecule has 0 bridgehead atoms. The summed E-state index contributed by atoms with van der Waals surface area (Å²) in [5.41, 5.74) is 1.53. The maximum absolute atomic E-state index is 5.70. The van der Waals surface area contributed by atoms with Crippen LogP contribution in [-0.4, -0.2) is 6.61 Å². The summed E-state index contributed by atoms with van der Waals surface area (Å²) in [5, 5.41) is 0. The van der Waals surface area contributed by atoms with Crippen molar-refractivity contribution in [1.82, 2.24) is 0 Å². The Morgan fingerprint density at radius 3 is 1.96 bits per heavy atom. The van der Waals surface area contributed by atoms with Crippen LogP contribution in [0.3, 0.4) is 0 Å². The van der Waals surface area contributed by atoms with E-state index in [4.69, 9.17) is 4.74 Å². The van der Waals surface area contributed by atoms with Crippen LogP contribution in [0.4, 0.5) is 0 Å². The van der Waals surface area contributed by atoms with E-state index in [1.807, 2.05) is 0 Å². The lowest BCUT2D eigenvalue weighted by molar-refractivity contribution is 0.165. The van der Waals surface area contributed by atoms with Gasteiger partial charge in [-0.25, -0.2) is 0 Å². The van der Waals surface area contributed by atoms with Gasteiger partial charge in [0, 0.05) is 0 Å². The smallest absolute Gasteiger partial charge is 0.119 e. The van der Waals surface area contributed by atoms with Crippen LogP contribution in [0.2, 0.25) is 0 Å². The molecule has 0 radical (unpaired) electrons. The van der Waals surface area contributed by atoms with Gasteiger partial charge >= 0.3 is 0 Å². The van der Waals surface area contributed by atoms with E-state index in [9.17, 15) is 0 Å². The Hall–Kier alpha value is -0.980. The van der Waals surface area contributed by atoms with Gasteiger partial charge in [-0.1, -0.05) is 38.8 Å². The summed E-state index contributed by atoms with van der Waals surface area (Å²) in [5.74, 6) is 4.86. The predicted molar refractivity (Wildman–Crippen MR) is 98.0 cm³/mol. The molecular weight excluding hydrogens is 280 g/mol. The number of hydrogen-bond acceptors (Lipinski definition) is 1. The van der Waals surface area contributed by atoms with Crippen molar-refractivity contribution in [2.75, 3.05) is 6.61 Å². The van der Waals surface area contributed by atoms with E-state index < -0.39 is 0 Å². The Bertz CT molecular complexity index is 447. The Labute approximate surface area is 142 Å². The summed E-state index contributed by atoms with van der Waals surface area (Å²) in [6.07, 6.45) is 12.7. The van der Waals surface area contributed by atoms with Gasteiger partial charge in [0.15, 0.2) is 0 Å². The standard InChI is InChI=1S/C22H34O/c1-3-16-23-22-14-12-21(13-15-22)20-10-8-19(9-11-20)18-6-4-17(2)5-7-18/h12-15,17-20H,3-11,16H2,1-2H3. The van der Waals surface area contributed by atoms with Crippen molar-refractivity contribution in [1.29, 1.82) is 0 Å². The maximum atomic E-state index is 5.70. The molecule has 0 atom stereocenters. The first kappa shape index (κ1) is 16.9. The van der Waals surface area contributed by atoms with Crippen molar-refractivity contribution in [2.45, 2.75) is 77.6 Å². The second-order valence-electron chi connectivity index (χ2n) is 8.05. The summed E-state index contributed by atoms with van der Waals surface area (Å²) >= 11 is 0. The SMILES string of the molecule is CCCOc1ccc(C2CCC(C3CCC(C)CC3)CC2)cc1. The second kappa shape index (κ2) is 8.22. The van der Waals surface area contributed by atoms with Crippen molar-refractivity contribution in [3.63, 3.8) is 0 Å². The lowest BCUT2D eigenvalue weighted by atomic mass is 9.68. The zero-order valence-corrected chi connectivity index (χ0v) is 15.1. The van der Waals surface area contributed by atoms with Crippen LogP contribution in [0.15, 0.2) is 24.3 Å². The lowest BCUT2D eigenvalue weighted by Crippen LogP contribution is -2.24. The van der Waals surface area contributed by atoms with E-state index in [0.717, 1.165) is 42.4 Å². The van der Waals surface area contributed by atoms with Crippen LogP contribution >= 0.6 is 0 Å². The lowest BCUT2D eigenvalue weighted by Gasteiger charge is -2.37. The normalized spacial score (nSPS) is 31.7. The first-order valence-corrected chi connectivity index (χ1v) is 9.99. The van der Waals surface area contributed by atoms with Crippen LogP contribution in [0.25, 0.3) is 0 Å². The van der Waals surface area contributed by atoms with Gasteiger partial charge in [0.05, 0.1) is 6.61 Å². The average molecular weight is 315 g/mol. The fourth-order valence-corrected chi connectivity index (χ4v) is 4.74. The third kappa shape index (κ3) is 4.52. The molecule has 1 aromatic rings. The molecule has 0 aliphatic heterocycles. The first-order chi connectivity index (χ1) is 11.3. The van der Waals surface area contributed by atoms with Crippen LogP contribution in [0.5, 0.6) is 5.75 Å². The highest BCUT2D eigenvalue weighted by Gasteiger charge is 2.30. The highest BCUT2D eigenvalue weighted by atomic mass is 16.5. The summed E-state index contributed by atoms with van der Waals surface area (Å²) in [6.45, 7) is 5.41. The van der Waals surface area contributed by atoms with Gasteiger partial charge < -0.3 is 4.74 Å². The molecule has 2 saturated carbocycles. The van der Waals surface area contributed by atoms with Gasteiger partial charge in [-0.15, -0.1) is 0 Å². The van der Waals surface area contributed by atoms with E-state index in [-0.39, 0.29) is 0 Å². The molecule has 0 saturated heterocycles. The van der Waals surface area contributed by atoms with Gasteiger partial charge in [-0.05, 0) is 86.3 Å². The number of hydrogen-bond donors (Lipinski definition) is 0. The predicted octanol–water partition coefficient (Wildman–Crippen LogP) is 6.58. The molecule has 0 amide bonds. The Morgan fingerprint density at radius 2 is 1.39 bits per heavy atom. The molecule has 0 spiro atoms. The highest BCUT2D eigenvalue weighted by molar-refractivity contribution is 5.29. The molecule has 0 aromatic heterocycles. The Balaban J connectivity index is 1.48. The minimum atomic E-state index is 0.786. The highest BCUT2D eigenvalue weighted by Crippen LogP contribution is 2.43. The summed E-state index contributed by atoms with van der Waals surface area (Å²) in [4.78, 5) is 0. The van der Waals surface area contributed by atoms with Crippen LogP contribution in [0, 0.1) is 17.8 Å². The minimum Gasteiger partial charge on any atom is -0.494 e. The molecule has 0 N–H and O–H groups in total. The molecule has 0 heterocycles. The van der Waals surface area contributed by atoms with Gasteiger partial charge in [-0.2, -0.15) is 0 Å². The molecular formula is C22H34O. The molecule has 0 unspecified atom stereocenters. The molecule has 128 valence electrons. The second-order valence-corrected chi connectivity index (χ2v) is 8.05. The topological polar surface area (TPSA) is 9.23 Å². The van der Waals surface area contributed by atoms with Gasteiger partial charge in [-0.3, -0.25) is 0 Å². The number of ether oxygens (including phenoxy) is 1. The molecule has 2 aliphatic rings. The van der Waals surface area contributed by atoms with Gasteiger partial charge in [0.1, 0.15) is 5.75 Å². The van der Waals surface area contributed by atoms with Crippen molar-refractivity contribution in [3.05, 3.63) is 29.8 Å². The Kier molecular flexibility index (Phi) is 6.02. The third-order valence-corrected chi connectivity index (χ3v) is 6.32. The van der Waals surface area contributed by atoms with E-state index in [0.29, 0.717) is 0 Å². The summed E-state index contributed by atoms with van der Waals surface area (Å²) in [6, 6.07) is 8.94. The first-order valence-electron chi connectivity index (χ1n) is 9.99. The van der Waals surface area contributed by atoms with Crippen molar-refractivity contribution >= 4 is 0 Å². The molecule has 23 heavy (non-hydrogen) atoms. The summed E-state index contributed by atoms with van der Waals surface area (Å²) in [7, 11) is 0. The van der Waals surface area contributed by atoms with Crippen molar-refractivity contribution < 1.29 is 4.74 Å². The minimum absolute atomic E-state index is 0.786. The fraction of sp³-hybridized carbons (Fsp3) is 0.727. The van der Waals surface area contributed by atoms with E-state index in [2.05, 4.69) is 38.1 Å². The summed E-state index contributed by atoms with van der Waals surface area (Å²) < 4.78 is 5.70. The Morgan fingerprint density at radius 1 is 0.826 bits per heavy atom. The van der Waals surface area contributed by atoms with E-state index in [1.165, 1.54) is 56.9 Å². The van der Waals surface area contributed by atoms with Crippen LogP contribution in [0.1, 0.15) is 83.1 Å². The number of benzene rings is 1. The zero-order chi connectivity index (χ0) is 16.1. The molecule has 1 nitrogen and oxygen atoms in total.